The van der Waals surface area contributed by atoms with Crippen LogP contribution in [0.3, 0.4) is 0 Å². The normalized spacial score (nSPS) is 20.8. The number of oxazole rings is 1. The van der Waals surface area contributed by atoms with Gasteiger partial charge in [-0.3, -0.25) is 0 Å². The standard InChI is InChI=1S/C18H28N6O.HI/c1-5-20-18(21-10-17-22-14(3)15(4)25-17)23-8-6-13(2)16(11-23)24-9-7-19-12-24;/h7,9,12-13,16H,5-6,8,10-11H2,1-4H3,(H,20,21);1H. The molecule has 1 fully saturated rings. The lowest BCUT2D eigenvalue weighted by molar-refractivity contribution is 0.189. The van der Waals surface area contributed by atoms with Crippen LogP contribution in [-0.4, -0.2) is 45.0 Å². The number of aliphatic imine (C=N–C) groups is 1. The number of hydrogen-bond acceptors (Lipinski definition) is 4. The minimum Gasteiger partial charge on any atom is -0.444 e. The molecule has 3 heterocycles. The average molecular weight is 472 g/mol. The van der Waals surface area contributed by atoms with E-state index in [-0.39, 0.29) is 24.0 Å². The summed E-state index contributed by atoms with van der Waals surface area (Å²) in [6.45, 7) is 11.5. The van der Waals surface area contributed by atoms with Crippen molar-refractivity contribution in [3.05, 3.63) is 36.1 Å². The zero-order valence-corrected chi connectivity index (χ0v) is 18.3. The summed E-state index contributed by atoms with van der Waals surface area (Å²) in [7, 11) is 0. The molecule has 2 aromatic heterocycles. The van der Waals surface area contributed by atoms with Crippen molar-refractivity contribution >= 4 is 29.9 Å². The highest BCUT2D eigenvalue weighted by Gasteiger charge is 2.28. The van der Waals surface area contributed by atoms with E-state index in [2.05, 4.69) is 38.6 Å². The van der Waals surface area contributed by atoms with Crippen molar-refractivity contribution in [2.75, 3.05) is 19.6 Å². The number of hydrogen-bond donors (Lipinski definition) is 1. The Morgan fingerprint density at radius 1 is 1.42 bits per heavy atom. The fourth-order valence-corrected chi connectivity index (χ4v) is 3.27. The minimum atomic E-state index is 0. The molecule has 0 bridgehead atoms. The van der Waals surface area contributed by atoms with Crippen LogP contribution in [0.15, 0.2) is 28.1 Å². The zero-order valence-electron chi connectivity index (χ0n) is 16.0. The molecule has 1 N–H and O–H groups in total. The molecule has 0 amide bonds. The Balaban J connectivity index is 0.00000243. The third kappa shape index (κ3) is 4.77. The predicted molar refractivity (Wildman–Crippen MR) is 113 cm³/mol. The van der Waals surface area contributed by atoms with Gasteiger partial charge in [0.05, 0.1) is 18.1 Å². The van der Waals surface area contributed by atoms with Crippen molar-refractivity contribution in [3.63, 3.8) is 0 Å². The summed E-state index contributed by atoms with van der Waals surface area (Å²) in [5, 5.41) is 3.41. The summed E-state index contributed by atoms with van der Waals surface area (Å²) in [6.07, 6.45) is 6.93. The molecule has 2 atom stereocenters. The Kier molecular flexibility index (Phi) is 7.48. The van der Waals surface area contributed by atoms with Crippen LogP contribution in [-0.2, 0) is 6.54 Å². The second-order valence-corrected chi connectivity index (χ2v) is 6.71. The van der Waals surface area contributed by atoms with Crippen LogP contribution in [0.2, 0.25) is 0 Å². The second kappa shape index (κ2) is 9.38. The maximum Gasteiger partial charge on any atom is 0.216 e. The van der Waals surface area contributed by atoms with Crippen molar-refractivity contribution in [1.82, 2.24) is 24.8 Å². The first-order chi connectivity index (χ1) is 12.1. The highest BCUT2D eigenvalue weighted by Crippen LogP contribution is 2.27. The summed E-state index contributed by atoms with van der Waals surface area (Å²) in [5.74, 6) is 3.07. The third-order valence-electron chi connectivity index (χ3n) is 4.90. The number of likely N-dealkylation sites (tertiary alicyclic amines) is 1. The predicted octanol–water partition coefficient (Wildman–Crippen LogP) is 3.15. The van der Waals surface area contributed by atoms with Crippen LogP contribution in [0.5, 0.6) is 0 Å². The van der Waals surface area contributed by atoms with Crippen LogP contribution >= 0.6 is 24.0 Å². The number of rotatable bonds is 4. The van der Waals surface area contributed by atoms with Crippen LogP contribution < -0.4 is 5.32 Å². The molecule has 0 saturated carbocycles. The number of aromatic nitrogens is 3. The summed E-state index contributed by atoms with van der Waals surface area (Å²) >= 11 is 0. The van der Waals surface area contributed by atoms with E-state index in [9.17, 15) is 0 Å². The van der Waals surface area contributed by atoms with Gasteiger partial charge < -0.3 is 19.2 Å². The summed E-state index contributed by atoms with van der Waals surface area (Å²) in [6, 6.07) is 0.409. The van der Waals surface area contributed by atoms with E-state index >= 15 is 0 Å². The number of piperidine rings is 1. The molecule has 7 nitrogen and oxygen atoms in total. The van der Waals surface area contributed by atoms with Gasteiger partial charge in [0.1, 0.15) is 12.3 Å². The van der Waals surface area contributed by atoms with Gasteiger partial charge in [0.25, 0.3) is 0 Å². The average Bonchev–Trinajstić information content (AvgIpc) is 3.23. The molecule has 144 valence electrons. The number of aryl methyl sites for hydroxylation is 2. The lowest BCUT2D eigenvalue weighted by Gasteiger charge is -2.39. The molecule has 1 aliphatic rings. The quantitative estimate of drug-likeness (QED) is 0.421. The van der Waals surface area contributed by atoms with Gasteiger partial charge in [0, 0.05) is 32.0 Å². The minimum absolute atomic E-state index is 0. The summed E-state index contributed by atoms with van der Waals surface area (Å²) in [4.78, 5) is 15.7. The maximum atomic E-state index is 5.65. The monoisotopic (exact) mass is 472 g/mol. The summed E-state index contributed by atoms with van der Waals surface area (Å²) < 4.78 is 7.86. The van der Waals surface area contributed by atoms with E-state index < -0.39 is 0 Å². The Labute approximate surface area is 172 Å². The van der Waals surface area contributed by atoms with Crippen LogP contribution in [0, 0.1) is 19.8 Å². The third-order valence-corrected chi connectivity index (χ3v) is 4.90. The van der Waals surface area contributed by atoms with Gasteiger partial charge in [0.15, 0.2) is 5.96 Å². The molecular weight excluding hydrogens is 443 g/mol. The van der Waals surface area contributed by atoms with Gasteiger partial charge >= 0.3 is 0 Å². The molecule has 2 aromatic rings. The van der Waals surface area contributed by atoms with E-state index in [0.717, 1.165) is 43.5 Å². The zero-order chi connectivity index (χ0) is 17.8. The van der Waals surface area contributed by atoms with Gasteiger partial charge in [-0.1, -0.05) is 6.92 Å². The van der Waals surface area contributed by atoms with Crippen LogP contribution in [0.4, 0.5) is 0 Å². The molecule has 3 rings (SSSR count). The number of halogens is 1. The van der Waals surface area contributed by atoms with Crippen molar-refractivity contribution in [1.29, 1.82) is 0 Å². The van der Waals surface area contributed by atoms with Crippen LogP contribution in [0.25, 0.3) is 0 Å². The first-order valence-electron chi connectivity index (χ1n) is 9.02. The second-order valence-electron chi connectivity index (χ2n) is 6.71. The van der Waals surface area contributed by atoms with Crippen molar-refractivity contribution in [2.24, 2.45) is 10.9 Å². The molecule has 0 radical (unpaired) electrons. The maximum absolute atomic E-state index is 5.65. The van der Waals surface area contributed by atoms with Crippen molar-refractivity contribution < 1.29 is 4.42 Å². The Morgan fingerprint density at radius 3 is 2.85 bits per heavy atom. The van der Waals surface area contributed by atoms with E-state index in [0.29, 0.717) is 24.4 Å². The topological polar surface area (TPSA) is 71.5 Å². The molecule has 0 aliphatic carbocycles. The number of guanidine groups is 1. The molecule has 26 heavy (non-hydrogen) atoms. The first-order valence-corrected chi connectivity index (χ1v) is 9.02. The van der Waals surface area contributed by atoms with Gasteiger partial charge in [-0.2, -0.15) is 0 Å². The number of imidazole rings is 1. The highest BCUT2D eigenvalue weighted by atomic mass is 127. The molecule has 2 unspecified atom stereocenters. The molecular formula is C18H29IN6O. The van der Waals surface area contributed by atoms with Gasteiger partial charge in [-0.15, -0.1) is 24.0 Å². The van der Waals surface area contributed by atoms with Gasteiger partial charge in [-0.05, 0) is 33.1 Å². The lowest BCUT2D eigenvalue weighted by Crippen LogP contribution is -2.49. The highest BCUT2D eigenvalue weighted by molar-refractivity contribution is 14.0. The van der Waals surface area contributed by atoms with Crippen LogP contribution in [0.1, 0.15) is 43.7 Å². The van der Waals surface area contributed by atoms with Gasteiger partial charge in [-0.25, -0.2) is 15.0 Å². The van der Waals surface area contributed by atoms with Gasteiger partial charge in [0.2, 0.25) is 5.89 Å². The Morgan fingerprint density at radius 2 is 2.23 bits per heavy atom. The van der Waals surface area contributed by atoms with E-state index in [1.807, 2.05) is 32.6 Å². The molecule has 0 aromatic carbocycles. The number of nitrogens with one attached hydrogen (secondary N) is 1. The SMILES string of the molecule is CCNC(=NCc1nc(C)c(C)o1)N1CCC(C)C(n2ccnc2)C1.I. The molecule has 1 aliphatic heterocycles. The lowest BCUT2D eigenvalue weighted by atomic mass is 9.93. The first kappa shape index (κ1) is 20.7. The number of nitrogens with zero attached hydrogens (tertiary/aromatic N) is 5. The van der Waals surface area contributed by atoms with Crippen molar-refractivity contribution in [2.45, 2.75) is 46.7 Å². The van der Waals surface area contributed by atoms with E-state index in [1.165, 1.54) is 0 Å². The molecule has 1 saturated heterocycles. The fraction of sp³-hybridized carbons (Fsp3) is 0.611. The molecule has 8 heteroatoms. The summed E-state index contributed by atoms with van der Waals surface area (Å²) in [5.41, 5.74) is 0.933. The fourth-order valence-electron chi connectivity index (χ4n) is 3.27. The van der Waals surface area contributed by atoms with E-state index in [1.54, 1.807) is 0 Å². The van der Waals surface area contributed by atoms with Crippen molar-refractivity contribution in [3.8, 4) is 0 Å². The van der Waals surface area contributed by atoms with E-state index in [4.69, 9.17) is 9.41 Å². The largest absolute Gasteiger partial charge is 0.444 e. The Bertz CT molecular complexity index is 692. The Hall–Kier alpha value is -1.58. The molecule has 0 spiro atoms. The smallest absolute Gasteiger partial charge is 0.216 e.